The number of Topliss-reactive ketones (excluding diaryl/α,β-unsaturated/α-hetero) is 1. The van der Waals surface area contributed by atoms with E-state index in [-0.39, 0.29) is 17.1 Å². The summed E-state index contributed by atoms with van der Waals surface area (Å²) in [6, 6.07) is 2.93. The highest BCUT2D eigenvalue weighted by molar-refractivity contribution is 5.98. The molecule has 3 nitrogen and oxygen atoms in total. The van der Waals surface area contributed by atoms with Crippen LogP contribution < -0.4 is 4.74 Å². The molecule has 0 unspecified atom stereocenters. The number of benzene rings is 1. The highest BCUT2D eigenvalue weighted by Crippen LogP contribution is 2.44. The van der Waals surface area contributed by atoms with E-state index in [1.54, 1.807) is 6.92 Å². The van der Waals surface area contributed by atoms with Crippen molar-refractivity contribution in [3.05, 3.63) is 23.5 Å². The zero-order valence-electron chi connectivity index (χ0n) is 24.9. The van der Waals surface area contributed by atoms with E-state index in [9.17, 15) is 14.3 Å². The Morgan fingerprint density at radius 2 is 1.26 bits per heavy atom. The van der Waals surface area contributed by atoms with Crippen LogP contribution in [0.2, 0.25) is 0 Å². The average Bonchev–Trinajstić information content (AvgIpc) is 2.96. The number of ketones is 1. The number of carbonyl (C=O) groups is 1. The molecule has 1 N–H and O–H groups in total. The Bertz CT molecular complexity index is 874. The third-order valence-electron chi connectivity index (χ3n) is 10.8. The second-order valence-electron chi connectivity index (χ2n) is 13.3. The summed E-state index contributed by atoms with van der Waals surface area (Å²) in [5, 5.41) is 10.1. The number of hydrogen-bond acceptors (Lipinski definition) is 3. The molecule has 3 saturated carbocycles. The summed E-state index contributed by atoms with van der Waals surface area (Å²) < 4.78 is 19.4. The lowest BCUT2D eigenvalue weighted by atomic mass is 9.68. The van der Waals surface area contributed by atoms with Gasteiger partial charge in [0.1, 0.15) is 0 Å². The molecule has 0 atom stereocenters. The molecule has 0 spiro atoms. The monoisotopic (exact) mass is 542 g/mol. The molecular weight excluding hydrogens is 487 g/mol. The predicted octanol–water partition coefficient (Wildman–Crippen LogP) is 10.3. The number of halogens is 1. The van der Waals surface area contributed by atoms with Gasteiger partial charge in [0.2, 0.25) is 5.82 Å². The summed E-state index contributed by atoms with van der Waals surface area (Å²) in [5.74, 6) is 4.10. The van der Waals surface area contributed by atoms with E-state index in [4.69, 9.17) is 4.74 Å². The van der Waals surface area contributed by atoms with Crippen LogP contribution in [0.1, 0.15) is 146 Å². The molecule has 0 bridgehead atoms. The van der Waals surface area contributed by atoms with E-state index in [0.717, 1.165) is 42.4 Å². The maximum Gasteiger partial charge on any atom is 0.207 e. The Kier molecular flexibility index (Phi) is 12.0. The lowest BCUT2D eigenvalue weighted by molar-refractivity contribution is 0.0972. The molecule has 3 aliphatic carbocycles. The van der Waals surface area contributed by atoms with Crippen LogP contribution in [0.4, 0.5) is 4.39 Å². The summed E-state index contributed by atoms with van der Waals surface area (Å²) in [6.45, 7) is 4.41. The molecule has 0 radical (unpaired) electrons. The van der Waals surface area contributed by atoms with Crippen LogP contribution in [0.25, 0.3) is 0 Å². The van der Waals surface area contributed by atoms with Crippen molar-refractivity contribution in [3.8, 4) is 11.5 Å². The molecule has 4 rings (SSSR count). The van der Waals surface area contributed by atoms with Crippen molar-refractivity contribution in [2.24, 2.45) is 35.5 Å². The zero-order chi connectivity index (χ0) is 27.6. The summed E-state index contributed by atoms with van der Waals surface area (Å²) in [6.07, 6.45) is 25.2. The van der Waals surface area contributed by atoms with Gasteiger partial charge in [0.25, 0.3) is 0 Å². The van der Waals surface area contributed by atoms with E-state index < -0.39 is 11.6 Å². The molecule has 0 aromatic heterocycles. The molecule has 0 amide bonds. The SMILES string of the molecule is CCCC1CCC(C2CCC(CCC3CCC(CCCC(=O)c4ccc(OCC)c(F)c4O)CC3)CC2)CC1. The third-order valence-corrected chi connectivity index (χ3v) is 10.8. The lowest BCUT2D eigenvalue weighted by Crippen LogP contribution is -2.26. The fourth-order valence-corrected chi connectivity index (χ4v) is 8.31. The zero-order valence-corrected chi connectivity index (χ0v) is 24.9. The van der Waals surface area contributed by atoms with Gasteiger partial charge < -0.3 is 9.84 Å². The lowest BCUT2D eigenvalue weighted by Gasteiger charge is -2.38. The first-order chi connectivity index (χ1) is 19.0. The fourth-order valence-electron chi connectivity index (χ4n) is 8.31. The number of carbonyl (C=O) groups excluding carboxylic acids is 1. The van der Waals surface area contributed by atoms with E-state index in [2.05, 4.69) is 6.92 Å². The van der Waals surface area contributed by atoms with Crippen LogP contribution in [-0.2, 0) is 0 Å². The van der Waals surface area contributed by atoms with E-state index in [1.807, 2.05) is 0 Å². The molecule has 1 aromatic carbocycles. The average molecular weight is 543 g/mol. The second-order valence-corrected chi connectivity index (χ2v) is 13.3. The number of aromatic hydroxyl groups is 1. The minimum atomic E-state index is -0.834. The Morgan fingerprint density at radius 3 is 1.77 bits per heavy atom. The highest BCUT2D eigenvalue weighted by atomic mass is 19.1. The minimum absolute atomic E-state index is 0.00381. The number of hydrogen-bond donors (Lipinski definition) is 1. The first-order valence-electron chi connectivity index (χ1n) is 16.7. The number of ether oxygens (including phenoxy) is 1. The van der Waals surface area contributed by atoms with Gasteiger partial charge in [-0.1, -0.05) is 90.4 Å². The van der Waals surface area contributed by atoms with Gasteiger partial charge in [-0.15, -0.1) is 0 Å². The first kappa shape index (κ1) is 30.4. The van der Waals surface area contributed by atoms with Gasteiger partial charge in [-0.05, 0) is 86.7 Å². The van der Waals surface area contributed by atoms with Crippen molar-refractivity contribution in [2.75, 3.05) is 6.61 Å². The summed E-state index contributed by atoms with van der Waals surface area (Å²) in [5.41, 5.74) is 0.0769. The summed E-state index contributed by atoms with van der Waals surface area (Å²) in [4.78, 5) is 12.6. The number of phenolic OH excluding ortho intramolecular Hbond substituents is 1. The van der Waals surface area contributed by atoms with Crippen molar-refractivity contribution < 1.29 is 19.0 Å². The Hall–Kier alpha value is -1.58. The fraction of sp³-hybridized carbons (Fsp3) is 0.800. The molecule has 1 aromatic rings. The number of rotatable bonds is 13. The van der Waals surface area contributed by atoms with Crippen LogP contribution in [0.5, 0.6) is 11.5 Å². The van der Waals surface area contributed by atoms with Gasteiger partial charge in [-0.2, -0.15) is 4.39 Å². The van der Waals surface area contributed by atoms with Crippen molar-refractivity contribution in [3.63, 3.8) is 0 Å². The van der Waals surface area contributed by atoms with E-state index in [1.165, 1.54) is 115 Å². The molecule has 0 aliphatic heterocycles. The van der Waals surface area contributed by atoms with Crippen molar-refractivity contribution in [2.45, 2.75) is 136 Å². The summed E-state index contributed by atoms with van der Waals surface area (Å²) >= 11 is 0. The van der Waals surface area contributed by atoms with Crippen LogP contribution in [0, 0.1) is 41.3 Å². The largest absolute Gasteiger partial charge is 0.504 e. The van der Waals surface area contributed by atoms with Gasteiger partial charge in [-0.3, -0.25) is 4.79 Å². The topological polar surface area (TPSA) is 46.5 Å². The van der Waals surface area contributed by atoms with Gasteiger partial charge in [0.05, 0.1) is 12.2 Å². The van der Waals surface area contributed by atoms with Crippen molar-refractivity contribution >= 4 is 5.78 Å². The molecule has 220 valence electrons. The molecule has 3 aliphatic rings. The number of phenols is 1. The van der Waals surface area contributed by atoms with Gasteiger partial charge in [0, 0.05) is 6.42 Å². The minimum Gasteiger partial charge on any atom is -0.504 e. The molecule has 39 heavy (non-hydrogen) atoms. The summed E-state index contributed by atoms with van der Waals surface area (Å²) in [7, 11) is 0. The predicted molar refractivity (Wildman–Crippen MR) is 158 cm³/mol. The second kappa shape index (κ2) is 15.4. The molecule has 0 heterocycles. The van der Waals surface area contributed by atoms with Gasteiger partial charge >= 0.3 is 0 Å². The van der Waals surface area contributed by atoms with Crippen LogP contribution >= 0.6 is 0 Å². The van der Waals surface area contributed by atoms with E-state index >= 15 is 0 Å². The Labute approximate surface area is 237 Å². The smallest absolute Gasteiger partial charge is 0.207 e. The van der Waals surface area contributed by atoms with Crippen LogP contribution in [0.15, 0.2) is 12.1 Å². The maximum atomic E-state index is 14.2. The van der Waals surface area contributed by atoms with Crippen LogP contribution in [-0.4, -0.2) is 17.5 Å². The van der Waals surface area contributed by atoms with Crippen molar-refractivity contribution in [1.82, 2.24) is 0 Å². The van der Waals surface area contributed by atoms with E-state index in [0.29, 0.717) is 18.9 Å². The molecule has 0 saturated heterocycles. The normalized spacial score (nSPS) is 29.7. The quantitative estimate of drug-likeness (QED) is 0.252. The van der Waals surface area contributed by atoms with Crippen LogP contribution in [0.3, 0.4) is 0 Å². The standard InChI is InChI=1S/C35H55FO3/c1-3-6-25-15-19-29(20-16-25)30-21-17-28(18-22-30)14-13-27-11-9-26(10-12-27)7-5-8-32(37)31-23-24-33(39-4-2)34(36)35(31)38/h23-30,38H,3-22H2,1-2H3. The third kappa shape index (κ3) is 8.70. The molecule has 4 heteroatoms. The van der Waals surface area contributed by atoms with Gasteiger partial charge in [0.15, 0.2) is 17.3 Å². The Morgan fingerprint density at radius 1 is 0.769 bits per heavy atom. The molecule has 3 fully saturated rings. The van der Waals surface area contributed by atoms with Gasteiger partial charge in [-0.25, -0.2) is 0 Å². The maximum absolute atomic E-state index is 14.2. The van der Waals surface area contributed by atoms with Crippen molar-refractivity contribution in [1.29, 1.82) is 0 Å². The first-order valence-corrected chi connectivity index (χ1v) is 16.7. The highest BCUT2D eigenvalue weighted by Gasteiger charge is 2.31. The molecular formula is C35H55FO3. The Balaban J connectivity index is 1.07.